The van der Waals surface area contributed by atoms with Crippen LogP contribution >= 0.6 is 11.3 Å². The average molecular weight is 428 g/mol. The number of aromatic nitrogens is 1. The number of aryl methyl sites for hydroxylation is 1. The first-order valence-corrected chi connectivity index (χ1v) is 11.1. The SMILES string of the molecule is Cc1nc2cc(NC(=O)Cc3ccc(NS(=O)(=O)c4cccs4)cc3)ccc2o1. The first-order valence-electron chi connectivity index (χ1n) is 8.71. The van der Waals surface area contributed by atoms with Crippen molar-refractivity contribution in [2.45, 2.75) is 17.6 Å². The van der Waals surface area contributed by atoms with Crippen molar-refractivity contribution in [3.8, 4) is 0 Å². The summed E-state index contributed by atoms with van der Waals surface area (Å²) in [6.07, 6.45) is 0.161. The lowest BCUT2D eigenvalue weighted by Crippen LogP contribution is -2.14. The van der Waals surface area contributed by atoms with Gasteiger partial charge in [-0.05, 0) is 47.3 Å². The van der Waals surface area contributed by atoms with E-state index in [1.54, 1.807) is 66.9 Å². The van der Waals surface area contributed by atoms with Gasteiger partial charge in [0.1, 0.15) is 9.73 Å². The Bertz CT molecular complexity index is 1260. The number of nitrogens with zero attached hydrogens (tertiary/aromatic N) is 1. The van der Waals surface area contributed by atoms with E-state index in [2.05, 4.69) is 15.0 Å². The molecule has 9 heteroatoms. The van der Waals surface area contributed by atoms with Gasteiger partial charge < -0.3 is 9.73 Å². The number of nitrogens with one attached hydrogen (secondary N) is 2. The molecule has 7 nitrogen and oxygen atoms in total. The van der Waals surface area contributed by atoms with Crippen LogP contribution in [0.4, 0.5) is 11.4 Å². The molecule has 0 radical (unpaired) electrons. The molecule has 148 valence electrons. The first-order chi connectivity index (χ1) is 13.9. The van der Waals surface area contributed by atoms with Crippen LogP contribution in [0.3, 0.4) is 0 Å². The summed E-state index contributed by atoms with van der Waals surface area (Å²) >= 11 is 1.15. The monoisotopic (exact) mass is 427 g/mol. The van der Waals surface area contributed by atoms with Crippen LogP contribution in [0.15, 0.2) is 68.6 Å². The van der Waals surface area contributed by atoms with Crippen molar-refractivity contribution < 1.29 is 17.6 Å². The highest BCUT2D eigenvalue weighted by molar-refractivity contribution is 7.94. The zero-order chi connectivity index (χ0) is 20.4. The Hall–Kier alpha value is -3.17. The van der Waals surface area contributed by atoms with E-state index in [-0.39, 0.29) is 16.5 Å². The number of fused-ring (bicyclic) bond motifs is 1. The third-order valence-electron chi connectivity index (χ3n) is 4.11. The van der Waals surface area contributed by atoms with Crippen LogP contribution in [-0.4, -0.2) is 19.3 Å². The molecule has 2 N–H and O–H groups in total. The number of hydrogen-bond donors (Lipinski definition) is 2. The number of carbonyl (C=O) groups excluding carboxylic acids is 1. The van der Waals surface area contributed by atoms with E-state index in [1.165, 1.54) is 0 Å². The fraction of sp³-hybridized carbons (Fsp3) is 0.100. The largest absolute Gasteiger partial charge is 0.441 e. The van der Waals surface area contributed by atoms with E-state index in [1.807, 2.05) is 0 Å². The Balaban J connectivity index is 1.39. The topological polar surface area (TPSA) is 101 Å². The average Bonchev–Trinajstić information content (AvgIpc) is 3.32. The number of rotatable bonds is 6. The number of anilines is 2. The van der Waals surface area contributed by atoms with Gasteiger partial charge in [0.15, 0.2) is 11.5 Å². The Labute approximate surface area is 171 Å². The molecule has 0 unspecified atom stereocenters. The molecule has 0 aliphatic heterocycles. The summed E-state index contributed by atoms with van der Waals surface area (Å²) in [4.78, 5) is 16.6. The molecule has 0 saturated heterocycles. The molecule has 1 amide bonds. The van der Waals surface area contributed by atoms with Gasteiger partial charge >= 0.3 is 0 Å². The highest BCUT2D eigenvalue weighted by Crippen LogP contribution is 2.22. The maximum atomic E-state index is 12.3. The molecule has 0 bridgehead atoms. The van der Waals surface area contributed by atoms with Crippen LogP contribution in [0, 0.1) is 6.92 Å². The van der Waals surface area contributed by atoms with Gasteiger partial charge in [0.25, 0.3) is 10.0 Å². The molecular formula is C20H17N3O4S2. The highest BCUT2D eigenvalue weighted by Gasteiger charge is 2.15. The summed E-state index contributed by atoms with van der Waals surface area (Å²) < 4.78 is 32.7. The van der Waals surface area contributed by atoms with Gasteiger partial charge in [-0.15, -0.1) is 11.3 Å². The second kappa shape index (κ2) is 7.69. The minimum atomic E-state index is -3.59. The fourth-order valence-corrected chi connectivity index (χ4v) is 4.87. The molecule has 2 heterocycles. The van der Waals surface area contributed by atoms with Crippen molar-refractivity contribution in [1.29, 1.82) is 0 Å². The summed E-state index contributed by atoms with van der Waals surface area (Å²) in [6.45, 7) is 1.77. The molecule has 0 atom stereocenters. The van der Waals surface area contributed by atoms with E-state index < -0.39 is 10.0 Å². The Morgan fingerprint density at radius 3 is 2.59 bits per heavy atom. The number of hydrogen-bond acceptors (Lipinski definition) is 6. The molecule has 29 heavy (non-hydrogen) atoms. The van der Waals surface area contributed by atoms with Crippen molar-refractivity contribution >= 4 is 49.7 Å². The van der Waals surface area contributed by atoms with Gasteiger partial charge in [0.2, 0.25) is 5.91 Å². The number of amides is 1. The zero-order valence-electron chi connectivity index (χ0n) is 15.4. The molecule has 2 aromatic carbocycles. The quantitative estimate of drug-likeness (QED) is 0.481. The number of thiophene rings is 1. The third kappa shape index (κ3) is 4.47. The molecule has 0 saturated carbocycles. The summed E-state index contributed by atoms with van der Waals surface area (Å²) in [6, 6.07) is 15.2. The maximum Gasteiger partial charge on any atom is 0.271 e. The molecule has 4 aromatic rings. The normalized spacial score (nSPS) is 11.5. The van der Waals surface area contributed by atoms with Gasteiger partial charge in [-0.25, -0.2) is 13.4 Å². The van der Waals surface area contributed by atoms with Gasteiger partial charge in [0.05, 0.1) is 6.42 Å². The van der Waals surface area contributed by atoms with Crippen molar-refractivity contribution in [1.82, 2.24) is 4.98 Å². The summed E-state index contributed by atoms with van der Waals surface area (Å²) in [5.74, 6) is 0.384. The number of sulfonamides is 1. The lowest BCUT2D eigenvalue weighted by atomic mass is 10.1. The standard InChI is InChI=1S/C20H17N3O4S2/c1-13-21-17-12-16(8-9-18(17)27-13)22-19(24)11-14-4-6-15(7-5-14)23-29(25,26)20-3-2-10-28-20/h2-10,12,23H,11H2,1H3,(H,22,24). The van der Waals surface area contributed by atoms with Crippen LogP contribution in [-0.2, 0) is 21.2 Å². The second-order valence-electron chi connectivity index (χ2n) is 6.37. The minimum absolute atomic E-state index is 0.161. The number of benzene rings is 2. The van der Waals surface area contributed by atoms with Gasteiger partial charge in [-0.3, -0.25) is 9.52 Å². The van der Waals surface area contributed by atoms with Crippen molar-refractivity contribution in [2.24, 2.45) is 0 Å². The molecule has 0 aliphatic rings. The lowest BCUT2D eigenvalue weighted by molar-refractivity contribution is -0.115. The smallest absolute Gasteiger partial charge is 0.271 e. The Morgan fingerprint density at radius 2 is 1.86 bits per heavy atom. The predicted molar refractivity (Wildman–Crippen MR) is 113 cm³/mol. The summed E-state index contributed by atoms with van der Waals surface area (Å²) in [5, 5.41) is 4.54. The van der Waals surface area contributed by atoms with Crippen molar-refractivity contribution in [3.05, 3.63) is 71.4 Å². The molecule has 0 fully saturated rings. The van der Waals surface area contributed by atoms with E-state index in [0.29, 0.717) is 28.4 Å². The Kier molecular flexibility index (Phi) is 5.08. The molecule has 0 aliphatic carbocycles. The lowest BCUT2D eigenvalue weighted by Gasteiger charge is -2.08. The first kappa shape index (κ1) is 19.2. The van der Waals surface area contributed by atoms with E-state index in [0.717, 1.165) is 16.9 Å². The second-order valence-corrected chi connectivity index (χ2v) is 9.23. The fourth-order valence-electron chi connectivity index (χ4n) is 2.82. The van der Waals surface area contributed by atoms with Crippen molar-refractivity contribution in [2.75, 3.05) is 10.0 Å². The Morgan fingerprint density at radius 1 is 1.10 bits per heavy atom. The third-order valence-corrected chi connectivity index (χ3v) is 6.89. The van der Waals surface area contributed by atoms with Gasteiger partial charge in [-0.2, -0.15) is 0 Å². The van der Waals surface area contributed by atoms with Crippen molar-refractivity contribution in [3.63, 3.8) is 0 Å². The van der Waals surface area contributed by atoms with Crippen LogP contribution < -0.4 is 10.0 Å². The summed E-state index contributed by atoms with van der Waals surface area (Å²) in [7, 11) is -3.59. The minimum Gasteiger partial charge on any atom is -0.441 e. The predicted octanol–water partition coefficient (Wildman–Crippen LogP) is 4.18. The van der Waals surface area contributed by atoms with E-state index in [9.17, 15) is 13.2 Å². The van der Waals surface area contributed by atoms with E-state index >= 15 is 0 Å². The molecule has 4 rings (SSSR count). The van der Waals surface area contributed by atoms with Crippen LogP contribution in [0.2, 0.25) is 0 Å². The molecule has 0 spiro atoms. The van der Waals surface area contributed by atoms with E-state index in [4.69, 9.17) is 4.42 Å². The maximum absolute atomic E-state index is 12.3. The van der Waals surface area contributed by atoms with Gasteiger partial charge in [0, 0.05) is 18.3 Å². The van der Waals surface area contributed by atoms with Crippen LogP contribution in [0.25, 0.3) is 11.1 Å². The summed E-state index contributed by atoms with van der Waals surface area (Å²) in [5.41, 5.74) is 3.19. The number of carbonyl (C=O) groups is 1. The van der Waals surface area contributed by atoms with Crippen LogP contribution in [0.1, 0.15) is 11.5 Å². The van der Waals surface area contributed by atoms with Gasteiger partial charge in [-0.1, -0.05) is 18.2 Å². The molecular weight excluding hydrogens is 410 g/mol. The zero-order valence-corrected chi connectivity index (χ0v) is 17.0. The highest BCUT2D eigenvalue weighted by atomic mass is 32.2. The molecule has 2 aromatic heterocycles. The van der Waals surface area contributed by atoms with Crippen LogP contribution in [0.5, 0.6) is 0 Å². The number of oxazole rings is 1.